The number of oxazole rings is 1. The molecular weight excluding hydrogens is 458 g/mol. The molecule has 3 aromatic carbocycles. The fraction of sp³-hybridized carbons (Fsp3) is 0.174. The largest absolute Gasteiger partial charge is 0.439 e. The number of fused-ring (bicyclic) bond motifs is 1. The van der Waals surface area contributed by atoms with E-state index in [1.54, 1.807) is 18.2 Å². The predicted molar refractivity (Wildman–Crippen MR) is 117 cm³/mol. The summed E-state index contributed by atoms with van der Waals surface area (Å²) >= 11 is 5.89. The second-order valence-corrected chi connectivity index (χ2v) is 9.91. The number of sulfonamides is 1. The maximum Gasteiger partial charge on any atom is 0.243 e. The minimum absolute atomic E-state index is 0.152. The molecule has 4 aromatic rings. The molecular formula is C23H17ClF2N2O3S. The van der Waals surface area contributed by atoms with Gasteiger partial charge in [-0.05, 0) is 66.9 Å². The van der Waals surface area contributed by atoms with Gasteiger partial charge in [0.1, 0.15) is 23.2 Å². The zero-order valence-corrected chi connectivity index (χ0v) is 18.2. The van der Waals surface area contributed by atoms with Crippen molar-refractivity contribution in [1.29, 1.82) is 0 Å². The maximum absolute atomic E-state index is 14.2. The van der Waals surface area contributed by atoms with Crippen LogP contribution in [0.3, 0.4) is 0 Å². The number of hydrogen-bond donors (Lipinski definition) is 0. The molecule has 0 spiro atoms. The molecule has 164 valence electrons. The summed E-state index contributed by atoms with van der Waals surface area (Å²) in [6.45, 7) is 0.348. The summed E-state index contributed by atoms with van der Waals surface area (Å²) in [6, 6.07) is 13.8. The first kappa shape index (κ1) is 21.1. The summed E-state index contributed by atoms with van der Waals surface area (Å²) in [5, 5.41) is 0.453. The molecule has 32 heavy (non-hydrogen) atoms. The lowest BCUT2D eigenvalue weighted by molar-refractivity contribution is 0.337. The Hall–Kier alpha value is -2.81. The van der Waals surface area contributed by atoms with E-state index in [-0.39, 0.29) is 16.3 Å². The fourth-order valence-corrected chi connectivity index (χ4v) is 5.77. The summed E-state index contributed by atoms with van der Waals surface area (Å²) in [7, 11) is -3.76. The lowest BCUT2D eigenvalue weighted by Gasteiger charge is -2.21. The number of rotatable bonds is 4. The molecule has 1 aromatic heterocycles. The molecule has 0 amide bonds. The van der Waals surface area contributed by atoms with Crippen LogP contribution in [0.4, 0.5) is 8.78 Å². The lowest BCUT2D eigenvalue weighted by Crippen LogP contribution is -2.30. The standard InChI is InChI=1S/C23H17ClF2N2O3S/c24-15-4-7-17(8-5-15)32(29,30)28-11-1-2-21(28)23-27-20-12-14(3-10-22(20)31-23)18-9-6-16(25)13-19(18)26/h3-10,12-13,21H,1-2,11H2. The predicted octanol–water partition coefficient (Wildman–Crippen LogP) is 5.95. The van der Waals surface area contributed by atoms with Crippen LogP contribution in [-0.4, -0.2) is 24.3 Å². The van der Waals surface area contributed by atoms with E-state index < -0.39 is 27.7 Å². The third-order valence-corrected chi connectivity index (χ3v) is 7.73. The molecule has 1 unspecified atom stereocenters. The Morgan fingerprint density at radius 3 is 2.56 bits per heavy atom. The van der Waals surface area contributed by atoms with Crippen LogP contribution in [0.1, 0.15) is 24.8 Å². The minimum atomic E-state index is -3.76. The van der Waals surface area contributed by atoms with Gasteiger partial charge in [-0.15, -0.1) is 0 Å². The Balaban J connectivity index is 1.50. The summed E-state index contributed by atoms with van der Waals surface area (Å²) < 4.78 is 61.1. The van der Waals surface area contributed by atoms with E-state index in [9.17, 15) is 17.2 Å². The van der Waals surface area contributed by atoms with Gasteiger partial charge in [0.15, 0.2) is 5.58 Å². The second kappa shape index (κ2) is 7.95. The average molecular weight is 475 g/mol. The smallest absolute Gasteiger partial charge is 0.243 e. The van der Waals surface area contributed by atoms with Crippen molar-refractivity contribution in [2.24, 2.45) is 0 Å². The third kappa shape index (κ3) is 3.68. The molecule has 1 atom stereocenters. The highest BCUT2D eigenvalue weighted by molar-refractivity contribution is 7.89. The number of benzene rings is 3. The summed E-state index contributed by atoms with van der Waals surface area (Å²) in [5.41, 5.74) is 1.69. The average Bonchev–Trinajstić information content (AvgIpc) is 3.41. The highest BCUT2D eigenvalue weighted by atomic mass is 35.5. The normalized spacial score (nSPS) is 17.3. The van der Waals surface area contributed by atoms with E-state index in [2.05, 4.69) is 4.98 Å². The van der Waals surface area contributed by atoms with E-state index in [0.717, 1.165) is 6.07 Å². The summed E-state index contributed by atoms with van der Waals surface area (Å²) in [4.78, 5) is 4.66. The molecule has 0 N–H and O–H groups in total. The first-order valence-electron chi connectivity index (χ1n) is 9.96. The highest BCUT2D eigenvalue weighted by Gasteiger charge is 2.39. The van der Waals surface area contributed by atoms with E-state index in [4.69, 9.17) is 16.0 Å². The van der Waals surface area contributed by atoms with Gasteiger partial charge >= 0.3 is 0 Å². The van der Waals surface area contributed by atoms with E-state index >= 15 is 0 Å². The molecule has 1 saturated heterocycles. The van der Waals surface area contributed by atoms with Crippen LogP contribution in [0.5, 0.6) is 0 Å². The summed E-state index contributed by atoms with van der Waals surface area (Å²) in [6.07, 6.45) is 1.24. The molecule has 5 rings (SSSR count). The first-order valence-corrected chi connectivity index (χ1v) is 11.8. The third-order valence-electron chi connectivity index (χ3n) is 5.56. The number of aromatic nitrogens is 1. The van der Waals surface area contributed by atoms with Gasteiger partial charge in [0.25, 0.3) is 0 Å². The Morgan fingerprint density at radius 1 is 1.03 bits per heavy atom. The molecule has 1 fully saturated rings. The minimum Gasteiger partial charge on any atom is -0.439 e. The highest BCUT2D eigenvalue weighted by Crippen LogP contribution is 2.38. The van der Waals surface area contributed by atoms with Crippen LogP contribution < -0.4 is 0 Å². The van der Waals surface area contributed by atoms with Crippen molar-refractivity contribution in [1.82, 2.24) is 9.29 Å². The van der Waals surface area contributed by atoms with Gasteiger partial charge in [-0.2, -0.15) is 4.31 Å². The summed E-state index contributed by atoms with van der Waals surface area (Å²) in [5.74, 6) is -1.05. The van der Waals surface area contributed by atoms with Crippen molar-refractivity contribution in [2.45, 2.75) is 23.8 Å². The molecule has 0 bridgehead atoms. The van der Waals surface area contributed by atoms with Crippen LogP contribution in [0.25, 0.3) is 22.2 Å². The zero-order chi connectivity index (χ0) is 22.5. The molecule has 1 aliphatic rings. The quantitative estimate of drug-likeness (QED) is 0.366. The molecule has 5 nitrogen and oxygen atoms in total. The Bertz CT molecular complexity index is 1420. The Labute approximate surface area is 188 Å². The Kier molecular flexibility index (Phi) is 5.23. The van der Waals surface area contributed by atoms with Gasteiger partial charge in [-0.25, -0.2) is 22.2 Å². The SMILES string of the molecule is O=S(=O)(c1ccc(Cl)cc1)N1CCCC1c1nc2cc(-c3ccc(F)cc3F)ccc2o1. The van der Waals surface area contributed by atoms with Gasteiger partial charge in [-0.3, -0.25) is 0 Å². The molecule has 1 aliphatic heterocycles. The molecule has 0 radical (unpaired) electrons. The van der Waals surface area contributed by atoms with Gasteiger partial charge in [0.05, 0.1) is 4.90 Å². The van der Waals surface area contributed by atoms with E-state index in [0.29, 0.717) is 41.1 Å². The van der Waals surface area contributed by atoms with Crippen LogP contribution >= 0.6 is 11.6 Å². The van der Waals surface area contributed by atoms with Crippen molar-refractivity contribution >= 4 is 32.7 Å². The van der Waals surface area contributed by atoms with Crippen molar-refractivity contribution in [3.8, 4) is 11.1 Å². The van der Waals surface area contributed by atoms with Crippen molar-refractivity contribution in [2.75, 3.05) is 6.54 Å². The maximum atomic E-state index is 14.2. The molecule has 9 heteroatoms. The van der Waals surface area contributed by atoms with E-state index in [1.165, 1.54) is 40.7 Å². The molecule has 0 aliphatic carbocycles. The van der Waals surface area contributed by atoms with Crippen LogP contribution in [0.2, 0.25) is 5.02 Å². The number of hydrogen-bond acceptors (Lipinski definition) is 4. The van der Waals surface area contributed by atoms with Gasteiger partial charge in [0, 0.05) is 23.2 Å². The van der Waals surface area contributed by atoms with Gasteiger partial charge in [0.2, 0.25) is 15.9 Å². The second-order valence-electron chi connectivity index (χ2n) is 7.59. The van der Waals surface area contributed by atoms with E-state index in [1.807, 2.05) is 0 Å². The number of nitrogens with zero attached hydrogens (tertiary/aromatic N) is 2. The number of halogens is 3. The topological polar surface area (TPSA) is 63.4 Å². The lowest BCUT2D eigenvalue weighted by atomic mass is 10.0. The van der Waals surface area contributed by atoms with Crippen LogP contribution in [0, 0.1) is 11.6 Å². The first-order chi connectivity index (χ1) is 15.3. The van der Waals surface area contributed by atoms with Crippen LogP contribution in [-0.2, 0) is 10.0 Å². The van der Waals surface area contributed by atoms with Crippen molar-refractivity contribution in [3.05, 3.63) is 83.2 Å². The zero-order valence-electron chi connectivity index (χ0n) is 16.6. The molecule has 0 saturated carbocycles. The Morgan fingerprint density at radius 2 is 1.81 bits per heavy atom. The van der Waals surface area contributed by atoms with Gasteiger partial charge < -0.3 is 4.42 Å². The monoisotopic (exact) mass is 474 g/mol. The van der Waals surface area contributed by atoms with Crippen LogP contribution in [0.15, 0.2) is 70.0 Å². The fourth-order valence-electron chi connectivity index (χ4n) is 4.00. The van der Waals surface area contributed by atoms with Crippen molar-refractivity contribution < 1.29 is 21.6 Å². The van der Waals surface area contributed by atoms with Crippen molar-refractivity contribution in [3.63, 3.8) is 0 Å². The molecule has 2 heterocycles. The van der Waals surface area contributed by atoms with Gasteiger partial charge in [-0.1, -0.05) is 17.7 Å².